The van der Waals surface area contributed by atoms with Crippen LogP contribution in [0.1, 0.15) is 55.3 Å². The van der Waals surface area contributed by atoms with Crippen molar-refractivity contribution in [2.45, 2.75) is 49.8 Å². The van der Waals surface area contributed by atoms with Crippen LogP contribution in [0.15, 0.2) is 83.8 Å². The molecule has 3 aromatic carbocycles. The van der Waals surface area contributed by atoms with Gasteiger partial charge in [-0.1, -0.05) is 49.6 Å². The minimum Gasteiger partial charge on any atom is -0.455 e. The molecule has 0 radical (unpaired) electrons. The van der Waals surface area contributed by atoms with Crippen molar-refractivity contribution in [3.8, 4) is 11.5 Å². The van der Waals surface area contributed by atoms with Gasteiger partial charge < -0.3 is 20.3 Å². The molecule has 234 valence electrons. The highest BCUT2D eigenvalue weighted by atomic mass is 32.2. The normalized spacial score (nSPS) is 16.3. The maximum atomic E-state index is 13.1. The topological polar surface area (TPSA) is 117 Å². The Morgan fingerprint density at radius 2 is 1.45 bits per heavy atom. The maximum Gasteiger partial charge on any atom is 0.262 e. The van der Waals surface area contributed by atoms with Gasteiger partial charge in [-0.25, -0.2) is 8.42 Å². The number of nitrogens with one attached hydrogen (secondary N) is 3. The van der Waals surface area contributed by atoms with Gasteiger partial charge in [0.1, 0.15) is 5.75 Å². The molecule has 2 amide bonds. The van der Waals surface area contributed by atoms with Crippen molar-refractivity contribution in [3.05, 3.63) is 84.4 Å². The number of ether oxygens (including phenoxy) is 1. The van der Waals surface area contributed by atoms with Crippen LogP contribution in [0, 0.1) is 11.8 Å². The lowest BCUT2D eigenvalue weighted by Crippen LogP contribution is -2.44. The fourth-order valence-electron chi connectivity index (χ4n) is 5.95. The average molecular weight is 619 g/mol. The molecule has 3 N–H and O–H groups in total. The standard InChI is InChI=1S/C34H42N4O5S/c39-33(38-23-19-27(20-24-38)8-6-7-26-17-21-35-22-18-26)25-36-34(40)28-13-15-30(16-14-28)44(41,42)37-31-11-4-5-12-32(31)43-29-9-2-1-3-10-29/h1-5,9-16,26-27,35,37H,6-8,17-25H2,(H,36,40). The number of hydrogen-bond acceptors (Lipinski definition) is 6. The zero-order valence-corrected chi connectivity index (χ0v) is 25.9. The summed E-state index contributed by atoms with van der Waals surface area (Å²) in [6.07, 6.45) is 8.42. The first-order valence-corrected chi connectivity index (χ1v) is 17.1. The zero-order chi connectivity index (χ0) is 30.8. The van der Waals surface area contributed by atoms with Gasteiger partial charge in [-0.3, -0.25) is 14.3 Å². The van der Waals surface area contributed by atoms with E-state index in [0.29, 0.717) is 17.4 Å². The third kappa shape index (κ3) is 8.83. The van der Waals surface area contributed by atoms with Crippen LogP contribution in [-0.4, -0.2) is 57.9 Å². The second-order valence-corrected chi connectivity index (χ2v) is 13.4. The van der Waals surface area contributed by atoms with Gasteiger partial charge >= 0.3 is 0 Å². The van der Waals surface area contributed by atoms with E-state index < -0.39 is 15.9 Å². The van der Waals surface area contributed by atoms with Crippen LogP contribution in [0.4, 0.5) is 5.69 Å². The fourth-order valence-corrected chi connectivity index (χ4v) is 7.02. The molecule has 2 heterocycles. The van der Waals surface area contributed by atoms with E-state index in [1.807, 2.05) is 23.1 Å². The molecule has 0 atom stereocenters. The number of piperidine rings is 2. The summed E-state index contributed by atoms with van der Waals surface area (Å²) in [4.78, 5) is 27.3. The Morgan fingerprint density at radius 1 is 0.818 bits per heavy atom. The lowest BCUT2D eigenvalue weighted by molar-refractivity contribution is -0.131. The first-order chi connectivity index (χ1) is 21.4. The third-order valence-corrected chi connectivity index (χ3v) is 9.96. The quantitative estimate of drug-likeness (QED) is 0.250. The number of nitrogens with zero attached hydrogens (tertiary/aromatic N) is 1. The van der Waals surface area contributed by atoms with Crippen molar-refractivity contribution < 1.29 is 22.7 Å². The van der Waals surface area contributed by atoms with Gasteiger partial charge in [0.2, 0.25) is 5.91 Å². The molecule has 2 fully saturated rings. The second-order valence-electron chi connectivity index (χ2n) is 11.7. The summed E-state index contributed by atoms with van der Waals surface area (Å²) in [5, 5.41) is 6.12. The number of hydrogen-bond donors (Lipinski definition) is 3. The van der Waals surface area contributed by atoms with E-state index in [1.54, 1.807) is 36.4 Å². The van der Waals surface area contributed by atoms with Crippen LogP contribution in [0.2, 0.25) is 0 Å². The Labute approximate surface area is 260 Å². The number of rotatable bonds is 12. The number of anilines is 1. The first kappa shape index (κ1) is 31.5. The average Bonchev–Trinajstić information content (AvgIpc) is 3.05. The zero-order valence-electron chi connectivity index (χ0n) is 25.0. The molecule has 0 bridgehead atoms. The molecule has 0 unspecified atom stereocenters. The Hall–Kier alpha value is -3.89. The molecule has 0 saturated carbocycles. The van der Waals surface area contributed by atoms with Gasteiger partial charge in [0.05, 0.1) is 17.1 Å². The number of carbonyl (C=O) groups is 2. The van der Waals surface area contributed by atoms with Gasteiger partial charge in [-0.15, -0.1) is 0 Å². The van der Waals surface area contributed by atoms with Crippen LogP contribution < -0.4 is 20.1 Å². The lowest BCUT2D eigenvalue weighted by Gasteiger charge is -2.32. The summed E-state index contributed by atoms with van der Waals surface area (Å²) in [5.74, 6) is 1.96. The van der Waals surface area contributed by atoms with Crippen LogP contribution >= 0.6 is 0 Å². The lowest BCUT2D eigenvalue weighted by atomic mass is 9.87. The number of carbonyl (C=O) groups excluding carboxylic acids is 2. The highest BCUT2D eigenvalue weighted by Crippen LogP contribution is 2.31. The predicted molar refractivity (Wildman–Crippen MR) is 171 cm³/mol. The van der Waals surface area contributed by atoms with E-state index >= 15 is 0 Å². The smallest absolute Gasteiger partial charge is 0.262 e. The van der Waals surface area contributed by atoms with E-state index in [4.69, 9.17) is 4.74 Å². The Kier molecular flexibility index (Phi) is 10.9. The summed E-state index contributed by atoms with van der Waals surface area (Å²) >= 11 is 0. The van der Waals surface area contributed by atoms with E-state index in [-0.39, 0.29) is 28.6 Å². The number of benzene rings is 3. The molecule has 0 spiro atoms. The molecule has 0 aromatic heterocycles. The van der Waals surface area contributed by atoms with Crippen LogP contribution in [0.25, 0.3) is 0 Å². The van der Waals surface area contributed by atoms with Crippen molar-refractivity contribution in [2.24, 2.45) is 11.8 Å². The number of amides is 2. The van der Waals surface area contributed by atoms with Crippen molar-refractivity contribution in [1.82, 2.24) is 15.5 Å². The fraction of sp³-hybridized carbons (Fsp3) is 0.412. The van der Waals surface area contributed by atoms with Crippen molar-refractivity contribution in [1.29, 1.82) is 0 Å². The minimum absolute atomic E-state index is 0.00161. The third-order valence-electron chi connectivity index (χ3n) is 8.58. The molecular weight excluding hydrogens is 576 g/mol. The Morgan fingerprint density at radius 3 is 2.16 bits per heavy atom. The number of sulfonamides is 1. The molecule has 3 aromatic rings. The van der Waals surface area contributed by atoms with E-state index in [2.05, 4.69) is 15.4 Å². The monoisotopic (exact) mass is 618 g/mol. The SMILES string of the molecule is O=C(NCC(=O)N1CCC(CCCC2CCNCC2)CC1)c1ccc(S(=O)(=O)Nc2ccccc2Oc2ccccc2)cc1. The molecule has 0 aliphatic carbocycles. The van der Waals surface area contributed by atoms with Crippen LogP contribution in [0.5, 0.6) is 11.5 Å². The van der Waals surface area contributed by atoms with Crippen molar-refractivity contribution in [3.63, 3.8) is 0 Å². The number of para-hydroxylation sites is 3. The number of likely N-dealkylation sites (tertiary alicyclic amines) is 1. The van der Waals surface area contributed by atoms with E-state index in [0.717, 1.165) is 44.9 Å². The van der Waals surface area contributed by atoms with Gasteiger partial charge in [0.15, 0.2) is 5.75 Å². The predicted octanol–water partition coefficient (Wildman–Crippen LogP) is 5.42. The second kappa shape index (κ2) is 15.2. The van der Waals surface area contributed by atoms with E-state index in [9.17, 15) is 18.0 Å². The van der Waals surface area contributed by atoms with Gasteiger partial charge in [0.25, 0.3) is 15.9 Å². The molecule has 2 aliphatic rings. The molecular formula is C34H42N4O5S. The summed E-state index contributed by atoms with van der Waals surface area (Å²) in [5.41, 5.74) is 0.565. The highest BCUT2D eigenvalue weighted by molar-refractivity contribution is 7.92. The Bertz CT molecular complexity index is 1480. The van der Waals surface area contributed by atoms with Crippen LogP contribution in [-0.2, 0) is 14.8 Å². The molecule has 2 aliphatic heterocycles. The molecule has 2 saturated heterocycles. The maximum absolute atomic E-state index is 13.1. The molecule has 5 rings (SSSR count). The van der Waals surface area contributed by atoms with E-state index in [1.165, 1.54) is 56.4 Å². The van der Waals surface area contributed by atoms with Gasteiger partial charge in [-0.05, 0) is 99.1 Å². The minimum atomic E-state index is -3.95. The van der Waals surface area contributed by atoms with Crippen molar-refractivity contribution >= 4 is 27.5 Å². The Balaban J connectivity index is 1.07. The molecule has 9 nitrogen and oxygen atoms in total. The summed E-state index contributed by atoms with van der Waals surface area (Å²) in [6.45, 7) is 3.67. The highest BCUT2D eigenvalue weighted by Gasteiger charge is 2.24. The summed E-state index contributed by atoms with van der Waals surface area (Å²) < 4.78 is 34.7. The molecule has 44 heavy (non-hydrogen) atoms. The largest absolute Gasteiger partial charge is 0.455 e. The first-order valence-electron chi connectivity index (χ1n) is 15.6. The van der Waals surface area contributed by atoms with Gasteiger partial charge in [-0.2, -0.15) is 0 Å². The van der Waals surface area contributed by atoms with Crippen LogP contribution in [0.3, 0.4) is 0 Å². The molecule has 10 heteroatoms. The summed E-state index contributed by atoms with van der Waals surface area (Å²) in [6, 6.07) is 21.5. The van der Waals surface area contributed by atoms with Crippen molar-refractivity contribution in [2.75, 3.05) is 37.4 Å². The summed E-state index contributed by atoms with van der Waals surface area (Å²) in [7, 11) is -3.95. The van der Waals surface area contributed by atoms with Gasteiger partial charge in [0, 0.05) is 18.7 Å².